The molecule has 2 heterocycles. The zero-order valence-electron chi connectivity index (χ0n) is 20.6. The minimum atomic E-state index is -0.978. The third-order valence-corrected chi connectivity index (χ3v) is 6.91. The summed E-state index contributed by atoms with van der Waals surface area (Å²) in [6.45, 7) is 2.08. The highest BCUT2D eigenvalue weighted by Crippen LogP contribution is 2.35. The van der Waals surface area contributed by atoms with Crippen molar-refractivity contribution >= 4 is 23.0 Å². The van der Waals surface area contributed by atoms with Gasteiger partial charge in [0.1, 0.15) is 11.3 Å². The Morgan fingerprint density at radius 1 is 1.08 bits per heavy atom. The van der Waals surface area contributed by atoms with E-state index in [0.717, 1.165) is 42.6 Å². The third kappa shape index (κ3) is 4.89. The molecule has 37 heavy (non-hydrogen) atoms. The van der Waals surface area contributed by atoms with Crippen molar-refractivity contribution in [1.82, 2.24) is 19.7 Å². The molecule has 4 aromatic rings. The number of esters is 1. The first-order chi connectivity index (χ1) is 18.0. The minimum absolute atomic E-state index is 0.0119. The van der Waals surface area contributed by atoms with Gasteiger partial charge in [0.25, 0.3) is 11.4 Å². The molecule has 190 valence electrons. The van der Waals surface area contributed by atoms with E-state index in [2.05, 4.69) is 10.2 Å². The summed E-state index contributed by atoms with van der Waals surface area (Å²) in [6, 6.07) is 14.5. The second kappa shape index (κ2) is 10.4. The smallest absolute Gasteiger partial charge is 0.336 e. The number of carbonyl (C=O) groups is 2. The van der Waals surface area contributed by atoms with Gasteiger partial charge in [0.2, 0.25) is 0 Å². The number of aromatic amines is 1. The van der Waals surface area contributed by atoms with Crippen LogP contribution in [0.25, 0.3) is 22.2 Å². The second-order valence-corrected chi connectivity index (χ2v) is 9.32. The molecule has 0 bridgehead atoms. The van der Waals surface area contributed by atoms with Crippen molar-refractivity contribution in [2.45, 2.75) is 57.9 Å². The number of nitrogens with one attached hydrogen (secondary N) is 1. The van der Waals surface area contributed by atoms with Crippen molar-refractivity contribution in [2.75, 3.05) is 0 Å². The lowest BCUT2D eigenvalue weighted by molar-refractivity contribution is -0.134. The molecular weight excluding hydrogens is 472 g/mol. The van der Waals surface area contributed by atoms with Crippen LogP contribution in [0.1, 0.15) is 73.1 Å². The number of imidazole rings is 1. The second-order valence-electron chi connectivity index (χ2n) is 9.32. The largest absolute Gasteiger partial charge is 0.478 e. The summed E-state index contributed by atoms with van der Waals surface area (Å²) in [7, 11) is 0. The maximum Gasteiger partial charge on any atom is 0.336 e. The number of aromatic carboxylic acids is 1. The van der Waals surface area contributed by atoms with Gasteiger partial charge in [-0.3, -0.25) is 9.59 Å². The van der Waals surface area contributed by atoms with E-state index in [-0.39, 0.29) is 29.3 Å². The van der Waals surface area contributed by atoms with Crippen LogP contribution in [0.2, 0.25) is 0 Å². The highest BCUT2D eigenvalue weighted by Gasteiger charge is 2.26. The summed E-state index contributed by atoms with van der Waals surface area (Å²) < 4.78 is 7.30. The zero-order valence-corrected chi connectivity index (χ0v) is 20.6. The molecule has 0 unspecified atom stereocenters. The van der Waals surface area contributed by atoms with Crippen molar-refractivity contribution in [3.63, 3.8) is 0 Å². The molecule has 0 spiro atoms. The number of H-pyrrole nitrogens is 1. The van der Waals surface area contributed by atoms with Gasteiger partial charge in [-0.25, -0.2) is 14.9 Å². The average molecular weight is 501 g/mol. The molecule has 0 saturated heterocycles. The van der Waals surface area contributed by atoms with E-state index < -0.39 is 17.5 Å². The molecule has 2 N–H and O–H groups in total. The molecule has 1 aliphatic carbocycles. The first-order valence-corrected chi connectivity index (χ1v) is 12.6. The summed E-state index contributed by atoms with van der Waals surface area (Å²) in [5.41, 5.74) is 2.82. The Labute approximate surface area is 213 Å². The molecular formula is C28H28N4O5. The number of hydrogen-bond acceptors (Lipinski definition) is 6. The van der Waals surface area contributed by atoms with Gasteiger partial charge in [0.05, 0.1) is 5.56 Å². The fraction of sp³-hybridized carbons (Fsp3) is 0.321. The summed E-state index contributed by atoms with van der Waals surface area (Å²) in [6.07, 6.45) is 5.50. The maximum absolute atomic E-state index is 13.0. The maximum atomic E-state index is 13.0. The van der Waals surface area contributed by atoms with E-state index in [1.165, 1.54) is 6.42 Å². The molecule has 0 atom stereocenters. The van der Waals surface area contributed by atoms with Gasteiger partial charge in [0, 0.05) is 18.9 Å². The normalized spacial score (nSPS) is 14.1. The Morgan fingerprint density at radius 2 is 1.81 bits per heavy atom. The van der Waals surface area contributed by atoms with Crippen molar-refractivity contribution in [2.24, 2.45) is 0 Å². The van der Waals surface area contributed by atoms with Gasteiger partial charge in [-0.1, -0.05) is 68.7 Å². The predicted octanol–water partition coefficient (Wildman–Crippen LogP) is 4.90. The summed E-state index contributed by atoms with van der Waals surface area (Å²) in [4.78, 5) is 41.4. The Balaban J connectivity index is 1.57. The molecule has 0 radical (unpaired) electrons. The van der Waals surface area contributed by atoms with Crippen molar-refractivity contribution in [1.29, 1.82) is 0 Å². The summed E-state index contributed by atoms with van der Waals surface area (Å²) >= 11 is 0. The predicted molar refractivity (Wildman–Crippen MR) is 138 cm³/mol. The van der Waals surface area contributed by atoms with E-state index in [9.17, 15) is 19.5 Å². The fourth-order valence-electron chi connectivity index (χ4n) is 5.03. The quantitative estimate of drug-likeness (QED) is 0.346. The lowest BCUT2D eigenvalue weighted by Gasteiger charge is -2.22. The first kappa shape index (κ1) is 24.4. The van der Waals surface area contributed by atoms with Gasteiger partial charge in [-0.2, -0.15) is 0 Å². The average Bonchev–Trinajstić information content (AvgIpc) is 3.31. The van der Waals surface area contributed by atoms with Gasteiger partial charge in [-0.15, -0.1) is 5.10 Å². The van der Waals surface area contributed by atoms with Crippen LogP contribution in [0.4, 0.5) is 0 Å². The van der Waals surface area contributed by atoms with E-state index in [4.69, 9.17) is 9.72 Å². The van der Waals surface area contributed by atoms with E-state index in [0.29, 0.717) is 17.6 Å². The molecule has 2 aromatic heterocycles. The molecule has 0 amide bonds. The van der Waals surface area contributed by atoms with Crippen molar-refractivity contribution in [3.8, 4) is 17.0 Å². The monoisotopic (exact) mass is 500 g/mol. The molecule has 1 fully saturated rings. The first-order valence-electron chi connectivity index (χ1n) is 12.6. The number of rotatable bonds is 7. The number of carboxylic acid groups (broad SMARTS) is 1. The summed E-state index contributed by atoms with van der Waals surface area (Å²) in [5.74, 6) is -0.432. The van der Waals surface area contributed by atoms with Gasteiger partial charge >= 0.3 is 11.9 Å². The highest BCUT2D eigenvalue weighted by atomic mass is 16.5. The van der Waals surface area contributed by atoms with Crippen LogP contribution in [0.15, 0.2) is 53.3 Å². The van der Waals surface area contributed by atoms with Crippen molar-refractivity contribution in [3.05, 3.63) is 75.8 Å². The van der Waals surface area contributed by atoms with Gasteiger partial charge < -0.3 is 14.4 Å². The Bertz CT molecular complexity index is 1510. The van der Waals surface area contributed by atoms with Crippen LogP contribution >= 0.6 is 0 Å². The standard InChI is InChI=1S/C28H28N4O5/c1-2-22(33)37-27-23-24(26(34)30-31-27)32(25(29-23)19-8-4-3-5-9-19)16-17-12-14-18(15-13-17)20-10-6-7-11-21(20)28(35)36/h6-7,10-15,19H,2-5,8-9,16H2,1H3,(H,30,34)(H,35,36). The Hall–Kier alpha value is -4.27. The zero-order chi connectivity index (χ0) is 25.9. The molecule has 9 heteroatoms. The molecule has 0 aliphatic heterocycles. The molecule has 9 nitrogen and oxygen atoms in total. The lowest BCUT2D eigenvalue weighted by Crippen LogP contribution is -2.18. The molecule has 2 aromatic carbocycles. The number of fused-ring (bicyclic) bond motifs is 1. The number of nitrogens with zero attached hydrogens (tertiary/aromatic N) is 3. The van der Waals surface area contributed by atoms with Gasteiger partial charge in [0.15, 0.2) is 5.52 Å². The SMILES string of the molecule is CCC(=O)Oc1n[nH]c(=O)c2c1nc(C1CCCCC1)n2Cc1ccc(-c2ccccc2C(=O)O)cc1. The van der Waals surface area contributed by atoms with Crippen molar-refractivity contribution < 1.29 is 19.4 Å². The van der Waals surface area contributed by atoms with Crippen LogP contribution in [-0.4, -0.2) is 36.8 Å². The number of carboxylic acids is 1. The molecule has 1 saturated carbocycles. The number of ether oxygens (including phenoxy) is 1. The number of aromatic nitrogens is 4. The highest BCUT2D eigenvalue weighted by molar-refractivity contribution is 5.96. The molecule has 5 rings (SSSR count). The fourth-order valence-corrected chi connectivity index (χ4v) is 5.03. The van der Waals surface area contributed by atoms with Crippen LogP contribution < -0.4 is 10.3 Å². The Kier molecular flexibility index (Phi) is 6.85. The number of carbonyl (C=O) groups excluding carboxylic acids is 1. The van der Waals surface area contributed by atoms with E-state index in [1.807, 2.05) is 34.9 Å². The summed E-state index contributed by atoms with van der Waals surface area (Å²) in [5, 5.41) is 16.0. The van der Waals surface area contributed by atoms with E-state index >= 15 is 0 Å². The topological polar surface area (TPSA) is 127 Å². The lowest BCUT2D eigenvalue weighted by atomic mass is 9.88. The van der Waals surface area contributed by atoms with Crippen LogP contribution in [0, 0.1) is 0 Å². The van der Waals surface area contributed by atoms with E-state index in [1.54, 1.807) is 25.1 Å². The van der Waals surface area contributed by atoms with Crippen LogP contribution in [0.3, 0.4) is 0 Å². The molecule has 1 aliphatic rings. The Morgan fingerprint density at radius 3 is 2.51 bits per heavy atom. The minimum Gasteiger partial charge on any atom is -0.478 e. The van der Waals surface area contributed by atoms with Gasteiger partial charge in [-0.05, 0) is 35.6 Å². The van der Waals surface area contributed by atoms with Crippen LogP contribution in [-0.2, 0) is 11.3 Å². The number of hydrogen-bond donors (Lipinski definition) is 2. The van der Waals surface area contributed by atoms with Crippen LogP contribution in [0.5, 0.6) is 5.88 Å². The third-order valence-electron chi connectivity index (χ3n) is 6.91. The number of benzene rings is 2.